The van der Waals surface area contributed by atoms with E-state index in [0.717, 1.165) is 36.4 Å². The highest BCUT2D eigenvalue weighted by Crippen LogP contribution is 2.35. The molecule has 0 saturated heterocycles. The minimum Gasteiger partial charge on any atom is -0.512 e. The molecule has 0 aliphatic heterocycles. The first-order chi connectivity index (χ1) is 15.0. The van der Waals surface area contributed by atoms with Crippen LogP contribution in [0.3, 0.4) is 0 Å². The van der Waals surface area contributed by atoms with Gasteiger partial charge in [-0.3, -0.25) is 0 Å². The quantitative estimate of drug-likeness (QED) is 0.159. The van der Waals surface area contributed by atoms with Gasteiger partial charge in [-0.15, -0.1) is 0 Å². The summed E-state index contributed by atoms with van der Waals surface area (Å²) in [6.45, 7) is 7.19. The van der Waals surface area contributed by atoms with E-state index in [1.807, 2.05) is 59.1 Å². The fourth-order valence-corrected chi connectivity index (χ4v) is 3.49. The summed E-state index contributed by atoms with van der Waals surface area (Å²) in [4.78, 5) is 2.33. The number of halogens is 2. The molecule has 0 spiro atoms. The predicted octanol–water partition coefficient (Wildman–Crippen LogP) is 5.73. The lowest BCUT2D eigenvalue weighted by Gasteiger charge is -2.23. The molecule has 0 bridgehead atoms. The third kappa shape index (κ3) is 7.32. The standard InChI is InChI=1S/C23H31ClFN5OS/c1-23(2,3)21(31)14-22(26)29-32-20-12-15(24)18(13-16(20)25)28-17-8-6-7-9-19(17)30(5)11-10-27-4/h6-9,12-14,27-28,31H,10-11H2,1-5H3,(H2,26,29)/b21-14-. The van der Waals surface area contributed by atoms with E-state index in [4.69, 9.17) is 17.3 Å². The third-order valence-corrected chi connectivity index (χ3v) is 5.73. The highest BCUT2D eigenvalue weighted by atomic mass is 35.5. The Hall–Kier alpha value is -2.42. The minimum absolute atomic E-state index is 0.0821. The van der Waals surface area contributed by atoms with Crippen molar-refractivity contribution in [1.29, 1.82) is 0 Å². The summed E-state index contributed by atoms with van der Waals surface area (Å²) in [6.07, 6.45) is 1.37. The van der Waals surface area contributed by atoms with Gasteiger partial charge >= 0.3 is 0 Å². The maximum atomic E-state index is 14.7. The largest absolute Gasteiger partial charge is 0.512 e. The average Bonchev–Trinajstić information content (AvgIpc) is 2.73. The molecular weight excluding hydrogens is 449 g/mol. The van der Waals surface area contributed by atoms with Crippen LogP contribution in [0.4, 0.5) is 21.5 Å². The number of nitrogens with one attached hydrogen (secondary N) is 2. The van der Waals surface area contributed by atoms with Crippen LogP contribution in [0.2, 0.25) is 5.02 Å². The van der Waals surface area contributed by atoms with Gasteiger partial charge in [0.25, 0.3) is 0 Å². The lowest BCUT2D eigenvalue weighted by molar-refractivity contribution is 0.278. The SMILES string of the molecule is CNCCN(C)c1ccccc1Nc1cc(F)c(SN=C(N)/C=C(\O)C(C)(C)C)cc1Cl. The molecule has 0 saturated carbocycles. The molecule has 2 aromatic carbocycles. The number of aliphatic hydroxyl groups excluding tert-OH is 1. The normalized spacial score (nSPS) is 12.7. The molecule has 0 aliphatic rings. The van der Waals surface area contributed by atoms with E-state index < -0.39 is 11.2 Å². The van der Waals surface area contributed by atoms with Crippen LogP contribution in [0.5, 0.6) is 0 Å². The smallest absolute Gasteiger partial charge is 0.140 e. The minimum atomic E-state index is -0.483. The highest BCUT2D eigenvalue weighted by Gasteiger charge is 2.16. The number of nitrogens with two attached hydrogens (primary N) is 1. The van der Waals surface area contributed by atoms with Gasteiger partial charge in [0.15, 0.2) is 0 Å². The first-order valence-electron chi connectivity index (χ1n) is 10.2. The van der Waals surface area contributed by atoms with Gasteiger partial charge in [0.05, 0.1) is 27.0 Å². The number of rotatable bonds is 9. The van der Waals surface area contributed by atoms with Crippen LogP contribution in [0, 0.1) is 11.2 Å². The summed E-state index contributed by atoms with van der Waals surface area (Å²) in [5.74, 6) is -0.307. The van der Waals surface area contributed by atoms with Crippen molar-refractivity contribution in [3.63, 3.8) is 0 Å². The van der Waals surface area contributed by atoms with Crippen molar-refractivity contribution in [3.05, 3.63) is 59.1 Å². The Morgan fingerprint density at radius 1 is 1.28 bits per heavy atom. The van der Waals surface area contributed by atoms with Crippen molar-refractivity contribution in [1.82, 2.24) is 5.32 Å². The summed E-state index contributed by atoms with van der Waals surface area (Å²) in [5, 5.41) is 16.7. The molecule has 0 unspecified atom stereocenters. The van der Waals surface area contributed by atoms with E-state index in [0.29, 0.717) is 10.7 Å². The first kappa shape index (κ1) is 25.8. The van der Waals surface area contributed by atoms with Crippen LogP contribution in [0.25, 0.3) is 0 Å². The van der Waals surface area contributed by atoms with Gasteiger partial charge in [-0.1, -0.05) is 44.5 Å². The fourth-order valence-electron chi connectivity index (χ4n) is 2.64. The topological polar surface area (TPSA) is 85.9 Å². The van der Waals surface area contributed by atoms with Crippen molar-refractivity contribution < 1.29 is 9.50 Å². The van der Waals surface area contributed by atoms with E-state index in [-0.39, 0.29) is 16.5 Å². The van der Waals surface area contributed by atoms with Gasteiger partial charge in [0.1, 0.15) is 17.4 Å². The molecule has 0 heterocycles. The van der Waals surface area contributed by atoms with Gasteiger partial charge in [-0.2, -0.15) is 4.40 Å². The van der Waals surface area contributed by atoms with Crippen LogP contribution >= 0.6 is 23.5 Å². The molecule has 2 aromatic rings. The second-order valence-corrected chi connectivity index (χ2v) is 9.53. The second-order valence-electron chi connectivity index (χ2n) is 8.32. The number of aliphatic hydroxyl groups is 1. The number of para-hydroxylation sites is 2. The summed E-state index contributed by atoms with van der Waals surface area (Å²) < 4.78 is 18.8. The highest BCUT2D eigenvalue weighted by molar-refractivity contribution is 7.98. The zero-order valence-corrected chi connectivity index (χ0v) is 20.6. The number of hydrogen-bond donors (Lipinski definition) is 4. The number of allylic oxidation sites excluding steroid dienone is 1. The lowest BCUT2D eigenvalue weighted by Crippen LogP contribution is -2.27. The van der Waals surface area contributed by atoms with Crippen molar-refractivity contribution in [2.24, 2.45) is 15.5 Å². The van der Waals surface area contributed by atoms with Gasteiger partial charge in [-0.05, 0) is 25.2 Å². The van der Waals surface area contributed by atoms with E-state index in [1.54, 1.807) is 0 Å². The average molecular weight is 480 g/mol. The molecule has 2 rings (SSSR count). The molecule has 6 nitrogen and oxygen atoms in total. The molecule has 0 radical (unpaired) electrons. The van der Waals surface area contributed by atoms with E-state index in [1.165, 1.54) is 18.2 Å². The molecule has 0 amide bonds. The fraction of sp³-hybridized carbons (Fsp3) is 0.348. The van der Waals surface area contributed by atoms with Crippen molar-refractivity contribution in [2.45, 2.75) is 25.7 Å². The Kier molecular flexibility index (Phi) is 9.24. The zero-order valence-electron chi connectivity index (χ0n) is 19.0. The van der Waals surface area contributed by atoms with Gasteiger partial charge < -0.3 is 26.4 Å². The maximum Gasteiger partial charge on any atom is 0.140 e. The molecule has 32 heavy (non-hydrogen) atoms. The number of hydrogen-bond acceptors (Lipinski definition) is 6. The van der Waals surface area contributed by atoms with Crippen molar-refractivity contribution in [3.8, 4) is 0 Å². The molecule has 0 atom stereocenters. The Bertz CT molecular complexity index is 991. The van der Waals surface area contributed by atoms with Crippen LogP contribution in [-0.2, 0) is 0 Å². The molecule has 0 aliphatic carbocycles. The Morgan fingerprint density at radius 2 is 1.97 bits per heavy atom. The Morgan fingerprint density at radius 3 is 2.62 bits per heavy atom. The van der Waals surface area contributed by atoms with Crippen molar-refractivity contribution >= 4 is 46.4 Å². The molecule has 0 fully saturated rings. The van der Waals surface area contributed by atoms with Crippen LogP contribution in [0.15, 0.2) is 57.5 Å². The van der Waals surface area contributed by atoms with Gasteiger partial charge in [0, 0.05) is 49.6 Å². The predicted molar refractivity (Wildman–Crippen MR) is 136 cm³/mol. The summed E-state index contributed by atoms with van der Waals surface area (Å²) >= 11 is 7.29. The number of likely N-dealkylation sites (N-methyl/N-ethyl adjacent to an activating group) is 2. The monoisotopic (exact) mass is 479 g/mol. The van der Waals surface area contributed by atoms with E-state index >= 15 is 0 Å². The Balaban J connectivity index is 2.22. The molecule has 9 heteroatoms. The third-order valence-electron chi connectivity index (χ3n) is 4.61. The van der Waals surface area contributed by atoms with Gasteiger partial charge in [0.2, 0.25) is 0 Å². The molecule has 174 valence electrons. The summed E-state index contributed by atoms with van der Waals surface area (Å²) in [5.41, 5.74) is 7.62. The number of amidine groups is 1. The number of benzene rings is 2. The lowest BCUT2D eigenvalue weighted by atomic mass is 9.93. The van der Waals surface area contributed by atoms with E-state index in [9.17, 15) is 9.50 Å². The molecule has 5 N–H and O–H groups in total. The van der Waals surface area contributed by atoms with Crippen LogP contribution in [0.1, 0.15) is 20.8 Å². The molecule has 0 aromatic heterocycles. The molecular formula is C23H31ClFN5OS. The zero-order chi connectivity index (χ0) is 23.9. The maximum absolute atomic E-state index is 14.7. The Labute approximate surface area is 198 Å². The van der Waals surface area contributed by atoms with Gasteiger partial charge in [-0.25, -0.2) is 4.39 Å². The summed E-state index contributed by atoms with van der Waals surface area (Å²) in [7, 11) is 3.90. The van der Waals surface area contributed by atoms with E-state index in [2.05, 4.69) is 19.9 Å². The second kappa shape index (κ2) is 11.4. The number of nitrogens with zero attached hydrogens (tertiary/aromatic N) is 2. The van der Waals surface area contributed by atoms with Crippen molar-refractivity contribution in [2.75, 3.05) is 37.4 Å². The number of anilines is 3. The van der Waals surface area contributed by atoms with Crippen LogP contribution in [-0.4, -0.2) is 38.1 Å². The first-order valence-corrected chi connectivity index (χ1v) is 11.3. The summed E-state index contributed by atoms with van der Waals surface area (Å²) in [6, 6.07) is 10.6. The van der Waals surface area contributed by atoms with Crippen LogP contribution < -0.4 is 21.3 Å².